The van der Waals surface area contributed by atoms with Gasteiger partial charge < -0.3 is 5.11 Å². The van der Waals surface area contributed by atoms with Crippen molar-refractivity contribution < 1.29 is 5.11 Å². The second-order valence-electron chi connectivity index (χ2n) is 5.10. The molecule has 0 heterocycles. The Hall–Kier alpha value is 0.690. The van der Waals surface area contributed by atoms with Gasteiger partial charge in [0, 0.05) is 0 Å². The van der Waals surface area contributed by atoms with Crippen molar-refractivity contribution in [2.75, 3.05) is 4.43 Å². The predicted molar refractivity (Wildman–Crippen MR) is 86.0 cm³/mol. The zero-order chi connectivity index (χ0) is 12.8. The Balaban J connectivity index is 3.02. The van der Waals surface area contributed by atoms with Crippen molar-refractivity contribution in [3.05, 3.63) is 0 Å². The molecule has 0 fully saturated rings. The summed E-state index contributed by atoms with van der Waals surface area (Å²) in [5.41, 5.74) is 0. The third-order valence-electron chi connectivity index (χ3n) is 3.31. The summed E-state index contributed by atoms with van der Waals surface area (Å²) in [6.45, 7) is 2.27. The molecule has 0 spiro atoms. The molecule has 0 aromatic carbocycles. The third kappa shape index (κ3) is 14.6. The van der Waals surface area contributed by atoms with E-state index in [1.807, 2.05) is 0 Å². The van der Waals surface area contributed by atoms with Gasteiger partial charge in [0.05, 0.1) is 6.10 Å². The fraction of sp³-hybridized carbons (Fsp3) is 1.00. The molecule has 0 aromatic rings. The van der Waals surface area contributed by atoms with Crippen molar-refractivity contribution in [1.29, 1.82) is 0 Å². The zero-order valence-corrected chi connectivity index (χ0v) is 13.8. The Morgan fingerprint density at radius 2 is 1.24 bits per heavy atom. The Kier molecular flexibility index (Phi) is 15.3. The lowest BCUT2D eigenvalue weighted by Crippen LogP contribution is -2.06. The highest BCUT2D eigenvalue weighted by atomic mass is 127. The van der Waals surface area contributed by atoms with E-state index in [4.69, 9.17) is 0 Å². The molecule has 17 heavy (non-hydrogen) atoms. The van der Waals surface area contributed by atoms with Crippen molar-refractivity contribution in [3.8, 4) is 0 Å². The van der Waals surface area contributed by atoms with Gasteiger partial charge in [-0.05, 0) is 23.7 Å². The molecule has 104 valence electrons. The van der Waals surface area contributed by atoms with Crippen LogP contribution in [0.2, 0.25) is 0 Å². The second kappa shape index (κ2) is 14.7. The van der Waals surface area contributed by atoms with Crippen LogP contribution < -0.4 is 0 Å². The molecular formula is C15H31IO. The van der Waals surface area contributed by atoms with Crippen molar-refractivity contribution >= 4 is 22.6 Å². The summed E-state index contributed by atoms with van der Waals surface area (Å²) in [7, 11) is 0. The molecule has 0 amide bonds. The Bertz CT molecular complexity index is 139. The Morgan fingerprint density at radius 3 is 1.76 bits per heavy atom. The van der Waals surface area contributed by atoms with E-state index in [0.29, 0.717) is 0 Å². The van der Waals surface area contributed by atoms with Gasteiger partial charge in [-0.15, -0.1) is 0 Å². The lowest BCUT2D eigenvalue weighted by Gasteiger charge is -2.09. The largest absolute Gasteiger partial charge is 0.393 e. The first-order chi connectivity index (χ1) is 8.31. The van der Waals surface area contributed by atoms with Crippen LogP contribution in [-0.4, -0.2) is 15.6 Å². The van der Waals surface area contributed by atoms with Gasteiger partial charge in [0.25, 0.3) is 0 Å². The quantitative estimate of drug-likeness (QED) is 0.264. The van der Waals surface area contributed by atoms with Crippen LogP contribution in [0.1, 0.15) is 84.0 Å². The number of alkyl halides is 1. The van der Waals surface area contributed by atoms with E-state index in [-0.39, 0.29) is 6.10 Å². The monoisotopic (exact) mass is 354 g/mol. The van der Waals surface area contributed by atoms with Gasteiger partial charge in [0.15, 0.2) is 0 Å². The van der Waals surface area contributed by atoms with Crippen LogP contribution in [0.15, 0.2) is 0 Å². The van der Waals surface area contributed by atoms with Crippen LogP contribution in [0.5, 0.6) is 0 Å². The normalized spacial score (nSPS) is 12.9. The predicted octanol–water partition coefficient (Wildman–Crippen LogP) is 5.48. The maximum absolute atomic E-state index is 9.68. The first-order valence-corrected chi connectivity index (χ1v) is 9.07. The fourth-order valence-electron chi connectivity index (χ4n) is 2.15. The van der Waals surface area contributed by atoms with Crippen LogP contribution in [0, 0.1) is 0 Å². The summed E-state index contributed by atoms with van der Waals surface area (Å²) in [6.07, 6.45) is 15.5. The van der Waals surface area contributed by atoms with Crippen LogP contribution in [0.25, 0.3) is 0 Å². The van der Waals surface area contributed by atoms with Gasteiger partial charge in [-0.1, -0.05) is 87.3 Å². The summed E-state index contributed by atoms with van der Waals surface area (Å²) in [4.78, 5) is 0. The number of aliphatic hydroxyl groups excluding tert-OH is 1. The molecule has 1 N–H and O–H groups in total. The molecule has 1 atom stereocenters. The summed E-state index contributed by atoms with van der Waals surface area (Å²) in [6, 6.07) is 0. The summed E-state index contributed by atoms with van der Waals surface area (Å²) in [5, 5.41) is 9.68. The lowest BCUT2D eigenvalue weighted by atomic mass is 10.0. The molecule has 0 unspecified atom stereocenters. The third-order valence-corrected chi connectivity index (χ3v) is 4.07. The van der Waals surface area contributed by atoms with E-state index < -0.39 is 0 Å². The van der Waals surface area contributed by atoms with Crippen LogP contribution in [-0.2, 0) is 0 Å². The first-order valence-electron chi connectivity index (χ1n) is 7.55. The zero-order valence-electron chi connectivity index (χ0n) is 11.6. The first kappa shape index (κ1) is 17.7. The number of hydrogen-bond donors (Lipinski definition) is 1. The molecule has 0 aliphatic carbocycles. The molecule has 0 radical (unpaired) electrons. The molecule has 0 aromatic heterocycles. The van der Waals surface area contributed by atoms with E-state index in [2.05, 4.69) is 29.5 Å². The molecule has 0 saturated heterocycles. The number of unbranched alkanes of at least 4 members (excludes halogenated alkanes) is 8. The number of aliphatic hydroxyl groups is 1. The fourth-order valence-corrected chi connectivity index (χ4v) is 2.59. The molecule has 1 nitrogen and oxygen atoms in total. The molecular weight excluding hydrogens is 323 g/mol. The van der Waals surface area contributed by atoms with Crippen molar-refractivity contribution in [2.24, 2.45) is 0 Å². The van der Waals surface area contributed by atoms with Crippen molar-refractivity contribution in [3.63, 3.8) is 0 Å². The van der Waals surface area contributed by atoms with Gasteiger partial charge in [0.1, 0.15) is 0 Å². The number of hydrogen-bond acceptors (Lipinski definition) is 1. The maximum Gasteiger partial charge on any atom is 0.0540 e. The minimum absolute atomic E-state index is 0.0330. The highest BCUT2D eigenvalue weighted by Gasteiger charge is 2.02. The Labute approximate surface area is 122 Å². The average Bonchev–Trinajstić information content (AvgIpc) is 2.34. The molecule has 0 aliphatic heterocycles. The average molecular weight is 354 g/mol. The van der Waals surface area contributed by atoms with Gasteiger partial charge in [0.2, 0.25) is 0 Å². The minimum Gasteiger partial charge on any atom is -0.393 e. The lowest BCUT2D eigenvalue weighted by molar-refractivity contribution is 0.150. The van der Waals surface area contributed by atoms with Crippen molar-refractivity contribution in [1.82, 2.24) is 0 Å². The molecule has 0 saturated carbocycles. The van der Waals surface area contributed by atoms with Gasteiger partial charge in [-0.25, -0.2) is 0 Å². The maximum atomic E-state index is 9.68. The summed E-state index contributed by atoms with van der Waals surface area (Å²) < 4.78 is 1.17. The molecule has 2 heteroatoms. The van der Waals surface area contributed by atoms with Crippen LogP contribution in [0.4, 0.5) is 0 Å². The van der Waals surface area contributed by atoms with Gasteiger partial charge >= 0.3 is 0 Å². The number of rotatable bonds is 13. The highest BCUT2D eigenvalue weighted by molar-refractivity contribution is 14.1. The highest BCUT2D eigenvalue weighted by Crippen LogP contribution is 2.13. The van der Waals surface area contributed by atoms with Crippen molar-refractivity contribution in [2.45, 2.75) is 90.1 Å². The van der Waals surface area contributed by atoms with E-state index in [1.165, 1.54) is 68.6 Å². The van der Waals surface area contributed by atoms with Gasteiger partial charge in [-0.2, -0.15) is 0 Å². The summed E-state index contributed by atoms with van der Waals surface area (Å²) >= 11 is 2.38. The number of halogens is 1. The van der Waals surface area contributed by atoms with E-state index in [9.17, 15) is 5.11 Å². The second-order valence-corrected chi connectivity index (χ2v) is 6.18. The minimum atomic E-state index is -0.0330. The van der Waals surface area contributed by atoms with Crippen LogP contribution in [0.3, 0.4) is 0 Å². The van der Waals surface area contributed by atoms with Crippen LogP contribution >= 0.6 is 22.6 Å². The molecule has 0 aliphatic rings. The van der Waals surface area contributed by atoms with E-state index in [1.54, 1.807) is 0 Å². The molecule has 0 rings (SSSR count). The topological polar surface area (TPSA) is 20.2 Å². The van der Waals surface area contributed by atoms with E-state index >= 15 is 0 Å². The van der Waals surface area contributed by atoms with E-state index in [0.717, 1.165) is 12.8 Å². The molecule has 0 bridgehead atoms. The SMILES string of the molecule is CCCCCCCCCCC[C@@H](O)CCCI. The summed E-state index contributed by atoms with van der Waals surface area (Å²) in [5.74, 6) is 0. The standard InChI is InChI=1S/C15H31IO/c1-2-3-4-5-6-7-8-9-10-12-15(17)13-11-14-16/h15,17H,2-14H2,1H3/t15-/m1/s1. The Morgan fingerprint density at radius 1 is 0.765 bits per heavy atom. The van der Waals surface area contributed by atoms with Gasteiger partial charge in [-0.3, -0.25) is 0 Å². The smallest absolute Gasteiger partial charge is 0.0540 e.